The molecule has 3 aromatic heterocycles. The molecule has 0 spiro atoms. The molecule has 30 heavy (non-hydrogen) atoms. The Morgan fingerprint density at radius 2 is 1.90 bits per heavy atom. The second-order valence-corrected chi connectivity index (χ2v) is 6.53. The number of ether oxygens (including phenoxy) is 1. The molecule has 4 aromatic rings. The summed E-state index contributed by atoms with van der Waals surface area (Å²) in [6.07, 6.45) is 8.01. The number of nitrogens with one attached hydrogen (secondary N) is 1. The lowest BCUT2D eigenvalue weighted by molar-refractivity contribution is 0.0535. The molecule has 1 aliphatic heterocycles. The molecule has 0 saturated heterocycles. The zero-order valence-corrected chi connectivity index (χ0v) is 15.5. The molecule has 0 saturated carbocycles. The van der Waals surface area contributed by atoms with Crippen LogP contribution in [0.1, 0.15) is 26.4 Å². The normalized spacial score (nSPS) is 12.3. The van der Waals surface area contributed by atoms with Crippen LogP contribution in [0.5, 0.6) is 0 Å². The molecular weight excluding hydrogens is 384 g/mol. The minimum absolute atomic E-state index is 0.200. The Labute approximate surface area is 170 Å². The largest absolute Gasteiger partial charge is 0.457 e. The van der Waals surface area contributed by atoms with Crippen LogP contribution in [0.3, 0.4) is 0 Å². The average Bonchev–Trinajstić information content (AvgIpc) is 3.39. The zero-order chi connectivity index (χ0) is 20.5. The van der Waals surface area contributed by atoms with Crippen molar-refractivity contribution in [1.29, 1.82) is 0 Å². The zero-order valence-electron chi connectivity index (χ0n) is 15.5. The van der Waals surface area contributed by atoms with Crippen LogP contribution >= 0.6 is 0 Å². The van der Waals surface area contributed by atoms with Gasteiger partial charge in [-0.15, -0.1) is 0 Å². The highest BCUT2D eigenvalue weighted by Crippen LogP contribution is 2.25. The molecule has 146 valence electrons. The number of pyridine rings is 1. The standard InChI is InChI=1S/C21H14N6O3/c28-20(25-15-1-2-16-14(9-15)12-30-21(16)29)17-10-18(13-3-5-22-6-4-13)27(26-17)19-11-23-7-8-24-19/h1-11H,12H2,(H,25,28). The molecular formula is C21H14N6O3. The molecule has 0 bridgehead atoms. The van der Waals surface area contributed by atoms with Crippen molar-refractivity contribution < 1.29 is 14.3 Å². The molecule has 0 atom stereocenters. The van der Waals surface area contributed by atoms with Gasteiger partial charge in [0, 0.05) is 41.6 Å². The number of rotatable bonds is 4. The Morgan fingerprint density at radius 1 is 1.03 bits per heavy atom. The van der Waals surface area contributed by atoms with Crippen LogP contribution in [0.25, 0.3) is 17.1 Å². The highest BCUT2D eigenvalue weighted by molar-refractivity contribution is 6.04. The molecule has 1 aromatic carbocycles. The van der Waals surface area contributed by atoms with E-state index in [1.807, 2.05) is 12.1 Å². The van der Waals surface area contributed by atoms with Crippen molar-refractivity contribution in [2.75, 3.05) is 5.32 Å². The highest BCUT2D eigenvalue weighted by Gasteiger charge is 2.22. The number of carbonyl (C=O) groups is 2. The van der Waals surface area contributed by atoms with E-state index in [-0.39, 0.29) is 18.3 Å². The van der Waals surface area contributed by atoms with Crippen LogP contribution in [0.15, 0.2) is 67.4 Å². The third kappa shape index (κ3) is 3.18. The van der Waals surface area contributed by atoms with E-state index in [0.29, 0.717) is 22.8 Å². The van der Waals surface area contributed by atoms with Gasteiger partial charge in [-0.05, 0) is 36.4 Å². The summed E-state index contributed by atoms with van der Waals surface area (Å²) in [5, 5.41) is 7.26. The first kappa shape index (κ1) is 17.7. The van der Waals surface area contributed by atoms with E-state index in [4.69, 9.17) is 4.74 Å². The maximum atomic E-state index is 12.9. The average molecular weight is 398 g/mol. The number of cyclic esters (lactones) is 1. The molecule has 1 N–H and O–H groups in total. The molecule has 1 aliphatic rings. The fraction of sp³-hybridized carbons (Fsp3) is 0.0476. The maximum absolute atomic E-state index is 12.9. The van der Waals surface area contributed by atoms with Gasteiger partial charge in [0.15, 0.2) is 11.5 Å². The van der Waals surface area contributed by atoms with Crippen LogP contribution in [-0.4, -0.2) is 36.6 Å². The summed E-state index contributed by atoms with van der Waals surface area (Å²) in [4.78, 5) is 36.9. The topological polar surface area (TPSA) is 112 Å². The molecule has 4 heterocycles. The number of amides is 1. The van der Waals surface area contributed by atoms with E-state index in [1.165, 1.54) is 0 Å². The molecule has 9 nitrogen and oxygen atoms in total. The number of hydrogen-bond acceptors (Lipinski definition) is 7. The van der Waals surface area contributed by atoms with Gasteiger partial charge in [-0.3, -0.25) is 14.8 Å². The number of aromatic nitrogens is 5. The monoisotopic (exact) mass is 398 g/mol. The second kappa shape index (κ2) is 7.21. The summed E-state index contributed by atoms with van der Waals surface area (Å²) in [6, 6.07) is 10.3. The predicted molar refractivity (Wildman–Crippen MR) is 106 cm³/mol. The van der Waals surface area contributed by atoms with Crippen molar-refractivity contribution in [1.82, 2.24) is 24.7 Å². The van der Waals surface area contributed by atoms with Gasteiger partial charge in [-0.25, -0.2) is 14.5 Å². The predicted octanol–water partition coefficient (Wildman–Crippen LogP) is 2.65. The van der Waals surface area contributed by atoms with Crippen molar-refractivity contribution >= 4 is 17.6 Å². The van der Waals surface area contributed by atoms with E-state index in [9.17, 15) is 9.59 Å². The molecule has 9 heteroatoms. The van der Waals surface area contributed by atoms with Gasteiger partial charge >= 0.3 is 5.97 Å². The summed E-state index contributed by atoms with van der Waals surface area (Å²) < 4.78 is 6.56. The van der Waals surface area contributed by atoms with Crippen LogP contribution in [0.4, 0.5) is 5.69 Å². The summed E-state index contributed by atoms with van der Waals surface area (Å²) in [6.45, 7) is 0.200. The van der Waals surface area contributed by atoms with E-state index in [1.54, 1.807) is 59.9 Å². The summed E-state index contributed by atoms with van der Waals surface area (Å²) in [7, 11) is 0. The number of nitrogens with zero attached hydrogens (tertiary/aromatic N) is 5. The van der Waals surface area contributed by atoms with Crippen LogP contribution in [0, 0.1) is 0 Å². The van der Waals surface area contributed by atoms with Gasteiger partial charge in [-0.1, -0.05) is 0 Å². The molecule has 0 unspecified atom stereocenters. The minimum atomic E-state index is -0.391. The fourth-order valence-electron chi connectivity index (χ4n) is 3.20. The lowest BCUT2D eigenvalue weighted by Crippen LogP contribution is -2.13. The van der Waals surface area contributed by atoms with Crippen LogP contribution < -0.4 is 5.32 Å². The molecule has 1 amide bonds. The molecule has 0 aliphatic carbocycles. The highest BCUT2D eigenvalue weighted by atomic mass is 16.5. The first-order valence-corrected chi connectivity index (χ1v) is 9.07. The van der Waals surface area contributed by atoms with Gasteiger partial charge in [-0.2, -0.15) is 5.10 Å². The van der Waals surface area contributed by atoms with E-state index in [2.05, 4.69) is 25.4 Å². The number of hydrogen-bond donors (Lipinski definition) is 1. The number of benzene rings is 1. The SMILES string of the molecule is O=C(Nc1ccc2c(c1)COC2=O)c1cc(-c2ccncc2)n(-c2cnccn2)n1. The van der Waals surface area contributed by atoms with Gasteiger partial charge in [0.05, 0.1) is 17.5 Å². The molecule has 5 rings (SSSR count). The lowest BCUT2D eigenvalue weighted by Gasteiger charge is -2.05. The third-order valence-electron chi connectivity index (χ3n) is 4.63. The number of carbonyl (C=O) groups excluding carboxylic acids is 2. The Bertz CT molecular complexity index is 1200. The van der Waals surface area contributed by atoms with Gasteiger partial charge < -0.3 is 10.1 Å². The third-order valence-corrected chi connectivity index (χ3v) is 4.63. The quantitative estimate of drug-likeness (QED) is 0.526. The minimum Gasteiger partial charge on any atom is -0.457 e. The van der Waals surface area contributed by atoms with E-state index in [0.717, 1.165) is 11.1 Å². The summed E-state index contributed by atoms with van der Waals surface area (Å²) in [5.74, 6) is -0.262. The smallest absolute Gasteiger partial charge is 0.338 e. The Hall–Kier alpha value is -4.40. The second-order valence-electron chi connectivity index (χ2n) is 6.53. The van der Waals surface area contributed by atoms with Crippen molar-refractivity contribution in [2.24, 2.45) is 0 Å². The first-order chi connectivity index (χ1) is 14.7. The Kier molecular flexibility index (Phi) is 4.25. The summed E-state index contributed by atoms with van der Waals surface area (Å²) in [5.41, 5.74) is 3.52. The van der Waals surface area contributed by atoms with Gasteiger partial charge in [0.2, 0.25) is 0 Å². The van der Waals surface area contributed by atoms with Crippen molar-refractivity contribution in [3.05, 3.63) is 84.2 Å². The van der Waals surface area contributed by atoms with E-state index < -0.39 is 5.91 Å². The number of anilines is 1. The lowest BCUT2D eigenvalue weighted by atomic mass is 10.1. The maximum Gasteiger partial charge on any atom is 0.338 e. The number of esters is 1. The molecule has 0 radical (unpaired) electrons. The van der Waals surface area contributed by atoms with Crippen molar-refractivity contribution in [3.8, 4) is 17.1 Å². The fourth-order valence-corrected chi connectivity index (χ4v) is 3.20. The molecule has 0 fully saturated rings. The first-order valence-electron chi connectivity index (χ1n) is 9.07. The van der Waals surface area contributed by atoms with Gasteiger partial charge in [0.1, 0.15) is 6.61 Å². The van der Waals surface area contributed by atoms with Gasteiger partial charge in [0.25, 0.3) is 5.91 Å². The van der Waals surface area contributed by atoms with Crippen LogP contribution in [-0.2, 0) is 11.3 Å². The van der Waals surface area contributed by atoms with Crippen LogP contribution in [0.2, 0.25) is 0 Å². The van der Waals surface area contributed by atoms with E-state index >= 15 is 0 Å². The van der Waals surface area contributed by atoms with Crippen molar-refractivity contribution in [2.45, 2.75) is 6.61 Å². The Balaban J connectivity index is 1.49. The summed E-state index contributed by atoms with van der Waals surface area (Å²) >= 11 is 0. The van der Waals surface area contributed by atoms with Crippen molar-refractivity contribution in [3.63, 3.8) is 0 Å². The Morgan fingerprint density at radius 3 is 2.70 bits per heavy atom. The number of fused-ring (bicyclic) bond motifs is 1.